The van der Waals surface area contributed by atoms with Crippen molar-refractivity contribution in [2.75, 3.05) is 14.2 Å². The van der Waals surface area contributed by atoms with Crippen LogP contribution in [0.15, 0.2) is 47.6 Å². The van der Waals surface area contributed by atoms with Crippen molar-refractivity contribution >= 4 is 21.6 Å². The number of methoxy groups -OCH3 is 2. The Hall–Kier alpha value is -2.67. The highest BCUT2D eigenvalue weighted by Crippen LogP contribution is 2.36. The van der Waals surface area contributed by atoms with Gasteiger partial charge in [0.2, 0.25) is 5.88 Å². The lowest BCUT2D eigenvalue weighted by Crippen LogP contribution is -1.96. The maximum atomic E-state index is 8.25. The Morgan fingerprint density at radius 1 is 1.00 bits per heavy atom. The Balaban J connectivity index is 1.65. The van der Waals surface area contributed by atoms with Crippen LogP contribution in [0.4, 0.5) is 0 Å². The summed E-state index contributed by atoms with van der Waals surface area (Å²) in [4.78, 5) is 9.60. The number of nitrogens with zero attached hydrogens (tertiary/aromatic N) is 2. The minimum atomic E-state index is -0.421. The number of hydrogen-bond acceptors (Lipinski definition) is 6. The lowest BCUT2D eigenvalue weighted by Gasteiger charge is -2.12. The molecule has 0 spiro atoms. The van der Waals surface area contributed by atoms with Gasteiger partial charge in [-0.3, -0.25) is 4.78 Å². The van der Waals surface area contributed by atoms with Crippen LogP contribution < -0.4 is 14.2 Å². The summed E-state index contributed by atoms with van der Waals surface area (Å²) < 4.78 is 24.9. The van der Waals surface area contributed by atoms with Crippen molar-refractivity contribution in [2.45, 2.75) is 23.0 Å². The maximum Gasteiger partial charge on any atom is 0.230 e. The van der Waals surface area contributed by atoms with Crippen molar-refractivity contribution in [3.05, 3.63) is 42.7 Å². The van der Waals surface area contributed by atoms with Gasteiger partial charge in [-0.25, -0.2) is 9.97 Å². The van der Waals surface area contributed by atoms with Crippen molar-refractivity contribution in [1.82, 2.24) is 9.97 Å². The third kappa shape index (κ3) is 3.22. The quantitative estimate of drug-likeness (QED) is 0.699. The Morgan fingerprint density at radius 2 is 1.69 bits per heavy atom. The normalized spacial score (nSPS) is 14.8. The van der Waals surface area contributed by atoms with Crippen molar-refractivity contribution in [3.8, 4) is 23.1 Å². The molecule has 0 radical (unpaired) electrons. The molecule has 3 aromatic rings. The molecule has 7 heteroatoms. The van der Waals surface area contributed by atoms with E-state index in [0.717, 1.165) is 10.3 Å². The molecule has 2 aromatic carbocycles. The Kier molecular flexibility index (Phi) is 4.46. The SMILES string of the molecule is COc1cc2ncnc(Oc3ccc(S(=N)C4CC4)cc3)c2cc1OC. The highest BCUT2D eigenvalue weighted by atomic mass is 32.2. The molecule has 1 aliphatic carbocycles. The molecule has 1 N–H and O–H groups in total. The smallest absolute Gasteiger partial charge is 0.230 e. The van der Waals surface area contributed by atoms with Crippen LogP contribution in [0.1, 0.15) is 12.8 Å². The number of aromatic nitrogens is 2. The number of benzene rings is 2. The van der Waals surface area contributed by atoms with Gasteiger partial charge < -0.3 is 14.2 Å². The topological polar surface area (TPSA) is 77.3 Å². The van der Waals surface area contributed by atoms with E-state index in [1.54, 1.807) is 20.3 Å². The molecule has 0 aliphatic heterocycles. The van der Waals surface area contributed by atoms with Gasteiger partial charge in [0, 0.05) is 16.2 Å². The van der Waals surface area contributed by atoms with Crippen LogP contribution in [0.5, 0.6) is 23.1 Å². The average molecular weight is 369 g/mol. The molecular formula is C19H19N3O3S. The molecule has 26 heavy (non-hydrogen) atoms. The van der Waals surface area contributed by atoms with E-state index in [1.165, 1.54) is 19.2 Å². The third-order valence-corrected chi connectivity index (χ3v) is 6.17. The van der Waals surface area contributed by atoms with E-state index in [2.05, 4.69) is 9.97 Å². The molecule has 1 aliphatic rings. The number of fused-ring (bicyclic) bond motifs is 1. The van der Waals surface area contributed by atoms with Crippen LogP contribution in [-0.4, -0.2) is 29.4 Å². The molecule has 4 rings (SSSR count). The van der Waals surface area contributed by atoms with Crippen LogP contribution in [0.25, 0.3) is 10.9 Å². The van der Waals surface area contributed by atoms with Gasteiger partial charge in [0.15, 0.2) is 11.5 Å². The second-order valence-electron chi connectivity index (χ2n) is 6.01. The molecule has 1 saturated carbocycles. The van der Waals surface area contributed by atoms with Crippen LogP contribution in [0.2, 0.25) is 0 Å². The van der Waals surface area contributed by atoms with E-state index < -0.39 is 10.7 Å². The number of rotatable bonds is 6. The van der Waals surface area contributed by atoms with Gasteiger partial charge in [-0.05, 0) is 43.2 Å². The molecule has 1 heterocycles. The number of hydrogen-bond donors (Lipinski definition) is 1. The van der Waals surface area contributed by atoms with E-state index in [9.17, 15) is 0 Å². The minimum Gasteiger partial charge on any atom is -0.493 e. The van der Waals surface area contributed by atoms with Gasteiger partial charge in [0.1, 0.15) is 12.1 Å². The summed E-state index contributed by atoms with van der Waals surface area (Å²) in [7, 11) is 2.76. The standard InChI is InChI=1S/C19H19N3O3S/c1-23-17-9-15-16(10-18(17)24-2)21-11-22-19(15)25-12-3-5-13(6-4-12)26(20)14-7-8-14/h3-6,9-11,14,20H,7-8H2,1-2H3. The predicted octanol–water partition coefficient (Wildman–Crippen LogP) is 4.34. The largest absolute Gasteiger partial charge is 0.493 e. The summed E-state index contributed by atoms with van der Waals surface area (Å²) in [5, 5.41) is 1.28. The summed E-state index contributed by atoms with van der Waals surface area (Å²) >= 11 is 0. The first-order valence-corrected chi connectivity index (χ1v) is 9.57. The van der Waals surface area contributed by atoms with E-state index in [1.807, 2.05) is 30.3 Å². The average Bonchev–Trinajstić information content (AvgIpc) is 3.52. The summed E-state index contributed by atoms with van der Waals surface area (Å²) in [6.45, 7) is 0. The zero-order valence-electron chi connectivity index (χ0n) is 14.6. The molecule has 1 aromatic heterocycles. The third-order valence-electron chi connectivity index (χ3n) is 4.25. The van der Waals surface area contributed by atoms with Gasteiger partial charge >= 0.3 is 0 Å². The molecule has 134 valence electrons. The summed E-state index contributed by atoms with van der Waals surface area (Å²) in [6, 6.07) is 11.3. The fourth-order valence-electron chi connectivity index (χ4n) is 2.70. The van der Waals surface area contributed by atoms with Crippen molar-refractivity contribution in [3.63, 3.8) is 0 Å². The molecule has 0 saturated heterocycles. The molecule has 6 nitrogen and oxygen atoms in total. The second kappa shape index (κ2) is 6.92. The summed E-state index contributed by atoms with van der Waals surface area (Å²) in [6.07, 6.45) is 3.80. The van der Waals surface area contributed by atoms with Gasteiger partial charge in [0.25, 0.3) is 0 Å². The van der Waals surface area contributed by atoms with Crippen molar-refractivity contribution in [1.29, 1.82) is 4.78 Å². The molecule has 1 atom stereocenters. The molecule has 0 amide bonds. The fourth-order valence-corrected chi connectivity index (χ4v) is 4.12. The lowest BCUT2D eigenvalue weighted by atomic mass is 10.2. The first kappa shape index (κ1) is 16.8. The van der Waals surface area contributed by atoms with E-state index in [-0.39, 0.29) is 0 Å². The minimum absolute atomic E-state index is 0.421. The van der Waals surface area contributed by atoms with Gasteiger partial charge in [-0.2, -0.15) is 0 Å². The predicted molar refractivity (Wildman–Crippen MR) is 101 cm³/mol. The molecule has 0 bridgehead atoms. The monoisotopic (exact) mass is 369 g/mol. The molecule has 1 unspecified atom stereocenters. The fraction of sp³-hybridized carbons (Fsp3) is 0.263. The maximum absolute atomic E-state index is 8.25. The van der Waals surface area contributed by atoms with E-state index in [4.69, 9.17) is 19.0 Å². The highest BCUT2D eigenvalue weighted by Gasteiger charge is 2.26. The summed E-state index contributed by atoms with van der Waals surface area (Å²) in [5.41, 5.74) is 0.714. The van der Waals surface area contributed by atoms with Crippen LogP contribution >= 0.6 is 0 Å². The molecular weight excluding hydrogens is 350 g/mol. The van der Waals surface area contributed by atoms with Crippen LogP contribution in [0, 0.1) is 4.78 Å². The first-order valence-electron chi connectivity index (χ1n) is 8.28. The van der Waals surface area contributed by atoms with E-state index in [0.29, 0.717) is 33.9 Å². The van der Waals surface area contributed by atoms with Gasteiger partial charge in [-0.15, -0.1) is 0 Å². The van der Waals surface area contributed by atoms with Crippen LogP contribution in [-0.2, 0) is 10.7 Å². The second-order valence-corrected chi connectivity index (χ2v) is 7.83. The first-order chi connectivity index (χ1) is 12.7. The Labute approximate surface area is 154 Å². The summed E-state index contributed by atoms with van der Waals surface area (Å²) in [5.74, 6) is 2.33. The van der Waals surface area contributed by atoms with Crippen molar-refractivity contribution in [2.24, 2.45) is 0 Å². The zero-order chi connectivity index (χ0) is 18.1. The lowest BCUT2D eigenvalue weighted by molar-refractivity contribution is 0.355. The van der Waals surface area contributed by atoms with E-state index >= 15 is 0 Å². The van der Waals surface area contributed by atoms with Gasteiger partial charge in [-0.1, -0.05) is 10.7 Å². The Bertz CT molecular complexity index is 972. The Morgan fingerprint density at radius 3 is 2.35 bits per heavy atom. The van der Waals surface area contributed by atoms with Crippen molar-refractivity contribution < 1.29 is 14.2 Å². The zero-order valence-corrected chi connectivity index (χ0v) is 15.4. The molecule has 1 fully saturated rings. The highest BCUT2D eigenvalue weighted by molar-refractivity contribution is 7.87. The van der Waals surface area contributed by atoms with Crippen LogP contribution in [0.3, 0.4) is 0 Å². The van der Waals surface area contributed by atoms with Gasteiger partial charge in [0.05, 0.1) is 25.1 Å². The number of nitrogens with one attached hydrogen (secondary N) is 1. The number of ether oxygens (including phenoxy) is 3.